The number of pyridine rings is 1. The van der Waals surface area contributed by atoms with Crippen molar-refractivity contribution in [1.82, 2.24) is 19.8 Å². The highest BCUT2D eigenvalue weighted by molar-refractivity contribution is 7.13. The van der Waals surface area contributed by atoms with E-state index in [1.165, 1.54) is 23.5 Å². The number of aromatic nitrogens is 2. The summed E-state index contributed by atoms with van der Waals surface area (Å²) >= 11 is 1.33. The van der Waals surface area contributed by atoms with Crippen LogP contribution in [0.4, 0.5) is 25.8 Å². The highest BCUT2D eigenvalue weighted by atomic mass is 32.1. The minimum absolute atomic E-state index is 0.0163. The van der Waals surface area contributed by atoms with Crippen molar-refractivity contribution in [3.63, 3.8) is 0 Å². The van der Waals surface area contributed by atoms with Gasteiger partial charge in [-0.25, -0.2) is 19.2 Å². The van der Waals surface area contributed by atoms with Gasteiger partial charge < -0.3 is 19.6 Å². The van der Waals surface area contributed by atoms with E-state index < -0.39 is 0 Å². The van der Waals surface area contributed by atoms with E-state index in [0.29, 0.717) is 50.1 Å². The molecule has 1 N–H and O–H groups in total. The summed E-state index contributed by atoms with van der Waals surface area (Å²) < 4.78 is 13.2. The standard InChI is InChI=1S/C25H28FN7O2S/c26-19-4-6-21(7-5-19)30-9-13-32(14-10-30)23(34)17-20-18-36-24(28-20)29-25(35)33-15-11-31(12-16-33)22-3-1-2-8-27-22/h1-8,18H,9-17H2,(H,28,29,35). The Hall–Kier alpha value is -3.73. The van der Waals surface area contributed by atoms with Crippen LogP contribution in [-0.2, 0) is 11.2 Å². The van der Waals surface area contributed by atoms with Crippen molar-refractivity contribution >= 4 is 39.9 Å². The van der Waals surface area contributed by atoms with E-state index >= 15 is 0 Å². The third-order valence-electron chi connectivity index (χ3n) is 6.46. The maximum Gasteiger partial charge on any atom is 0.323 e. The van der Waals surface area contributed by atoms with Gasteiger partial charge in [-0.3, -0.25) is 10.1 Å². The number of anilines is 3. The van der Waals surface area contributed by atoms with Crippen LogP contribution in [0.2, 0.25) is 0 Å². The van der Waals surface area contributed by atoms with Crippen LogP contribution in [0.25, 0.3) is 0 Å². The first-order valence-corrected chi connectivity index (χ1v) is 12.9. The number of halogens is 1. The molecule has 2 aliphatic heterocycles. The van der Waals surface area contributed by atoms with Crippen LogP contribution < -0.4 is 15.1 Å². The second kappa shape index (κ2) is 10.9. The molecule has 0 unspecified atom stereocenters. The summed E-state index contributed by atoms with van der Waals surface area (Å²) in [5.74, 6) is 0.681. The molecule has 1 aromatic carbocycles. The summed E-state index contributed by atoms with van der Waals surface area (Å²) in [5, 5.41) is 5.19. The number of hydrogen-bond donors (Lipinski definition) is 1. The van der Waals surface area contributed by atoms with E-state index in [-0.39, 0.29) is 24.2 Å². The van der Waals surface area contributed by atoms with Gasteiger partial charge in [-0.05, 0) is 36.4 Å². The summed E-state index contributed by atoms with van der Waals surface area (Å²) in [4.78, 5) is 42.2. The zero-order valence-electron chi connectivity index (χ0n) is 19.8. The SMILES string of the molecule is O=C(Cc1csc(NC(=O)N2CCN(c3ccccn3)CC2)n1)N1CCN(c2ccc(F)cc2)CC1. The van der Waals surface area contributed by atoms with Crippen molar-refractivity contribution in [2.75, 3.05) is 67.5 Å². The number of nitrogens with one attached hydrogen (secondary N) is 1. The molecule has 2 saturated heterocycles. The molecule has 0 aliphatic carbocycles. The summed E-state index contributed by atoms with van der Waals surface area (Å²) in [6, 6.07) is 12.1. The van der Waals surface area contributed by atoms with Crippen molar-refractivity contribution < 1.29 is 14.0 Å². The maximum absolute atomic E-state index is 13.2. The molecular weight excluding hydrogens is 481 g/mol. The Morgan fingerprint density at radius 2 is 1.58 bits per heavy atom. The van der Waals surface area contributed by atoms with Crippen molar-refractivity contribution in [2.45, 2.75) is 6.42 Å². The smallest absolute Gasteiger partial charge is 0.323 e. The molecule has 2 aromatic heterocycles. The molecule has 0 bridgehead atoms. The fraction of sp³-hybridized carbons (Fsp3) is 0.360. The van der Waals surface area contributed by atoms with Crippen LogP contribution in [-0.4, -0.2) is 84.1 Å². The van der Waals surface area contributed by atoms with Crippen LogP contribution in [0.5, 0.6) is 0 Å². The molecule has 3 amide bonds. The topological polar surface area (TPSA) is 84.9 Å². The lowest BCUT2D eigenvalue weighted by atomic mass is 10.2. The molecule has 11 heteroatoms. The van der Waals surface area contributed by atoms with Gasteiger partial charge in [0, 0.05) is 69.6 Å². The number of amides is 3. The second-order valence-corrected chi connectivity index (χ2v) is 9.62. The first-order chi connectivity index (χ1) is 17.5. The summed E-state index contributed by atoms with van der Waals surface area (Å²) in [6.07, 6.45) is 1.97. The third kappa shape index (κ3) is 5.73. The number of piperazine rings is 2. The van der Waals surface area contributed by atoms with Crippen molar-refractivity contribution in [1.29, 1.82) is 0 Å². The molecule has 5 rings (SSSR count). The van der Waals surface area contributed by atoms with E-state index in [9.17, 15) is 14.0 Å². The Morgan fingerprint density at radius 3 is 2.28 bits per heavy atom. The summed E-state index contributed by atoms with van der Waals surface area (Å²) in [6.45, 7) is 5.24. The second-order valence-electron chi connectivity index (χ2n) is 8.76. The molecule has 188 valence electrons. The fourth-order valence-corrected chi connectivity index (χ4v) is 5.13. The molecule has 2 fully saturated rings. The van der Waals surface area contributed by atoms with Gasteiger partial charge in [-0.1, -0.05) is 6.07 Å². The quantitative estimate of drug-likeness (QED) is 0.570. The van der Waals surface area contributed by atoms with E-state index in [1.54, 1.807) is 23.2 Å². The largest absolute Gasteiger partial charge is 0.368 e. The predicted octanol–water partition coefficient (Wildman–Crippen LogP) is 2.92. The normalized spacial score (nSPS) is 16.2. The predicted molar refractivity (Wildman–Crippen MR) is 138 cm³/mol. The fourth-order valence-electron chi connectivity index (χ4n) is 4.43. The van der Waals surface area contributed by atoms with Crippen molar-refractivity contribution in [2.24, 2.45) is 0 Å². The Morgan fingerprint density at radius 1 is 0.889 bits per heavy atom. The Kier molecular flexibility index (Phi) is 7.26. The van der Waals surface area contributed by atoms with Crippen LogP contribution in [0.15, 0.2) is 54.0 Å². The molecule has 0 atom stereocenters. The molecule has 0 spiro atoms. The lowest BCUT2D eigenvalue weighted by Crippen LogP contribution is -2.50. The van der Waals surface area contributed by atoms with E-state index in [1.807, 2.05) is 28.5 Å². The third-order valence-corrected chi connectivity index (χ3v) is 7.27. The zero-order chi connectivity index (χ0) is 24.9. The van der Waals surface area contributed by atoms with Crippen LogP contribution in [0.3, 0.4) is 0 Å². The number of hydrogen-bond acceptors (Lipinski definition) is 7. The maximum atomic E-state index is 13.2. The van der Waals surface area contributed by atoms with Crippen molar-refractivity contribution in [3.8, 4) is 0 Å². The Bertz CT molecular complexity index is 1170. The van der Waals surface area contributed by atoms with E-state index in [4.69, 9.17) is 0 Å². The van der Waals surface area contributed by atoms with Gasteiger partial charge in [0.15, 0.2) is 5.13 Å². The monoisotopic (exact) mass is 509 g/mol. The molecule has 3 aromatic rings. The van der Waals surface area contributed by atoms with Gasteiger partial charge in [0.25, 0.3) is 0 Å². The highest BCUT2D eigenvalue weighted by Gasteiger charge is 2.24. The molecule has 4 heterocycles. The minimum Gasteiger partial charge on any atom is -0.368 e. The lowest BCUT2D eigenvalue weighted by molar-refractivity contribution is -0.130. The number of benzene rings is 1. The van der Waals surface area contributed by atoms with Gasteiger partial charge in [-0.15, -0.1) is 11.3 Å². The Balaban J connectivity index is 1.07. The van der Waals surface area contributed by atoms with Gasteiger partial charge in [-0.2, -0.15) is 0 Å². The summed E-state index contributed by atoms with van der Waals surface area (Å²) in [5.41, 5.74) is 1.61. The van der Waals surface area contributed by atoms with E-state index in [0.717, 1.165) is 24.6 Å². The number of urea groups is 1. The number of rotatable bonds is 5. The van der Waals surface area contributed by atoms with Gasteiger partial charge in [0.2, 0.25) is 5.91 Å². The average molecular weight is 510 g/mol. The number of carbonyl (C=O) groups is 2. The molecule has 36 heavy (non-hydrogen) atoms. The first kappa shape index (κ1) is 24.0. The number of thiazole rings is 1. The number of nitrogens with zero attached hydrogens (tertiary/aromatic N) is 6. The van der Waals surface area contributed by atoms with Crippen LogP contribution in [0.1, 0.15) is 5.69 Å². The molecular formula is C25H28FN7O2S. The van der Waals surface area contributed by atoms with Gasteiger partial charge in [0.1, 0.15) is 11.6 Å². The molecule has 0 saturated carbocycles. The minimum atomic E-state index is -0.255. The van der Waals surface area contributed by atoms with Crippen molar-refractivity contribution in [3.05, 3.63) is 65.6 Å². The van der Waals surface area contributed by atoms with Crippen LogP contribution >= 0.6 is 11.3 Å². The first-order valence-electron chi connectivity index (χ1n) is 12.0. The van der Waals surface area contributed by atoms with E-state index in [2.05, 4.69) is 25.1 Å². The lowest BCUT2D eigenvalue weighted by Gasteiger charge is -2.36. The van der Waals surface area contributed by atoms with Crippen LogP contribution in [0, 0.1) is 5.82 Å². The molecule has 9 nitrogen and oxygen atoms in total. The van der Waals surface area contributed by atoms with Gasteiger partial charge in [0.05, 0.1) is 12.1 Å². The number of carbonyl (C=O) groups excluding carboxylic acids is 2. The molecule has 0 radical (unpaired) electrons. The highest BCUT2D eigenvalue weighted by Crippen LogP contribution is 2.20. The molecule has 2 aliphatic rings. The average Bonchev–Trinajstić information content (AvgIpc) is 3.36. The zero-order valence-corrected chi connectivity index (χ0v) is 20.7. The summed E-state index contributed by atoms with van der Waals surface area (Å²) in [7, 11) is 0. The van der Waals surface area contributed by atoms with Gasteiger partial charge >= 0.3 is 6.03 Å². The Labute approximate surface area is 213 Å².